The van der Waals surface area contributed by atoms with Gasteiger partial charge in [0.1, 0.15) is 6.54 Å². The lowest BCUT2D eigenvalue weighted by Gasteiger charge is -2.13. The Morgan fingerprint density at radius 1 is 1.57 bits per heavy atom. The third kappa shape index (κ3) is 3.25. The molecule has 0 unspecified atom stereocenters. The summed E-state index contributed by atoms with van der Waals surface area (Å²) in [5.41, 5.74) is 4.84. The molecule has 0 aromatic rings. The van der Waals surface area contributed by atoms with Crippen molar-refractivity contribution in [3.05, 3.63) is 0 Å². The molecular weight excluding hydrogens is 206 g/mol. The van der Waals surface area contributed by atoms with Crippen LogP contribution in [0.5, 0.6) is 0 Å². The van der Waals surface area contributed by atoms with Crippen LogP contribution in [0.2, 0.25) is 0 Å². The van der Waals surface area contributed by atoms with Crippen LogP contribution in [-0.2, 0) is 14.4 Å². The zero-order chi connectivity index (χ0) is 10.6. The Labute approximate surface area is 85.2 Å². The van der Waals surface area contributed by atoms with Crippen molar-refractivity contribution in [1.29, 1.82) is 0 Å². The number of rotatable bonds is 4. The summed E-state index contributed by atoms with van der Waals surface area (Å²) in [7, 11) is 0. The second-order valence-electron chi connectivity index (χ2n) is 2.81. The summed E-state index contributed by atoms with van der Waals surface area (Å²) in [5, 5.41) is 2.31. The molecule has 6 nitrogen and oxygen atoms in total. The number of carbonyl (C=O) groups is 3. The monoisotopic (exact) mass is 217 g/mol. The highest BCUT2D eigenvalue weighted by Gasteiger charge is 2.22. The first kappa shape index (κ1) is 10.8. The molecule has 0 aliphatic carbocycles. The summed E-state index contributed by atoms with van der Waals surface area (Å²) in [6, 6.07) is 0. The van der Waals surface area contributed by atoms with Crippen LogP contribution < -0.4 is 11.1 Å². The van der Waals surface area contributed by atoms with E-state index < -0.39 is 5.91 Å². The predicted molar refractivity (Wildman–Crippen MR) is 51.2 cm³/mol. The third-order valence-corrected chi connectivity index (χ3v) is 2.56. The second kappa shape index (κ2) is 4.85. The number of amides is 3. The van der Waals surface area contributed by atoms with Crippen molar-refractivity contribution < 1.29 is 14.4 Å². The Morgan fingerprint density at radius 2 is 2.29 bits per heavy atom. The number of hydrogen-bond acceptors (Lipinski definition) is 4. The fourth-order valence-electron chi connectivity index (χ4n) is 0.955. The number of thioether (sulfide) groups is 1. The van der Waals surface area contributed by atoms with Crippen LogP contribution in [0.4, 0.5) is 0 Å². The maximum Gasteiger partial charge on any atom is 0.240 e. The van der Waals surface area contributed by atoms with Crippen molar-refractivity contribution in [3.63, 3.8) is 0 Å². The van der Waals surface area contributed by atoms with Crippen molar-refractivity contribution in [1.82, 2.24) is 10.2 Å². The topological polar surface area (TPSA) is 92.5 Å². The van der Waals surface area contributed by atoms with Gasteiger partial charge in [-0.1, -0.05) is 0 Å². The molecule has 1 rings (SSSR count). The van der Waals surface area contributed by atoms with Crippen LogP contribution in [0, 0.1) is 0 Å². The molecule has 1 aliphatic rings. The molecule has 1 heterocycles. The molecule has 3 amide bonds. The number of nitrogens with one attached hydrogen (secondary N) is 1. The molecule has 0 spiro atoms. The quantitative estimate of drug-likeness (QED) is 0.576. The van der Waals surface area contributed by atoms with Gasteiger partial charge in [-0.3, -0.25) is 14.4 Å². The van der Waals surface area contributed by atoms with E-state index in [-0.39, 0.29) is 24.9 Å². The standard InChI is InChI=1S/C7H11N3O3S/c8-5(11)1-9-6(12)2-10-4-14-3-7(10)13/h1-4H2,(H2,8,11)(H,9,12). The largest absolute Gasteiger partial charge is 0.368 e. The van der Waals surface area contributed by atoms with Gasteiger partial charge in [-0.15, -0.1) is 11.8 Å². The number of carbonyl (C=O) groups excluding carboxylic acids is 3. The molecule has 0 atom stereocenters. The number of primary amides is 1. The van der Waals surface area contributed by atoms with Crippen molar-refractivity contribution in [2.24, 2.45) is 5.73 Å². The lowest BCUT2D eigenvalue weighted by atomic mass is 10.4. The molecule has 0 aromatic heterocycles. The van der Waals surface area contributed by atoms with Crippen molar-refractivity contribution in [2.75, 3.05) is 24.7 Å². The highest BCUT2D eigenvalue weighted by molar-refractivity contribution is 8.00. The van der Waals surface area contributed by atoms with Crippen LogP contribution in [0.15, 0.2) is 0 Å². The van der Waals surface area contributed by atoms with E-state index in [1.807, 2.05) is 0 Å². The van der Waals surface area contributed by atoms with E-state index in [0.717, 1.165) is 0 Å². The first-order valence-electron chi connectivity index (χ1n) is 4.00. The van der Waals surface area contributed by atoms with Gasteiger partial charge in [-0.2, -0.15) is 0 Å². The van der Waals surface area contributed by atoms with Crippen LogP contribution in [0.3, 0.4) is 0 Å². The van der Waals surface area contributed by atoms with E-state index in [0.29, 0.717) is 11.6 Å². The predicted octanol–water partition coefficient (Wildman–Crippen LogP) is -1.88. The van der Waals surface area contributed by atoms with Gasteiger partial charge in [0.2, 0.25) is 17.7 Å². The molecule has 0 saturated carbocycles. The van der Waals surface area contributed by atoms with Crippen LogP contribution in [0.25, 0.3) is 0 Å². The maximum atomic E-state index is 11.1. The normalized spacial score (nSPS) is 15.7. The minimum atomic E-state index is -0.597. The number of nitrogens with zero attached hydrogens (tertiary/aromatic N) is 1. The minimum Gasteiger partial charge on any atom is -0.368 e. The molecule has 1 aliphatic heterocycles. The van der Waals surface area contributed by atoms with Crippen molar-refractivity contribution in [3.8, 4) is 0 Å². The fourth-order valence-corrected chi connectivity index (χ4v) is 1.86. The molecule has 7 heteroatoms. The Hall–Kier alpha value is -1.24. The van der Waals surface area contributed by atoms with Crippen LogP contribution in [0.1, 0.15) is 0 Å². The SMILES string of the molecule is NC(=O)CNC(=O)CN1CSCC1=O. The molecule has 78 valence electrons. The second-order valence-corrected chi connectivity index (χ2v) is 3.77. The molecule has 1 saturated heterocycles. The van der Waals surface area contributed by atoms with E-state index in [9.17, 15) is 14.4 Å². The van der Waals surface area contributed by atoms with Crippen molar-refractivity contribution >= 4 is 29.5 Å². The summed E-state index contributed by atoms with van der Waals surface area (Å²) < 4.78 is 0. The number of nitrogens with two attached hydrogens (primary N) is 1. The summed E-state index contributed by atoms with van der Waals surface area (Å²) >= 11 is 1.46. The van der Waals surface area contributed by atoms with Gasteiger partial charge >= 0.3 is 0 Å². The van der Waals surface area contributed by atoms with Gasteiger partial charge in [0.05, 0.1) is 18.2 Å². The summed E-state index contributed by atoms with van der Waals surface area (Å²) in [4.78, 5) is 34.0. The summed E-state index contributed by atoms with van der Waals surface area (Å²) in [6.07, 6.45) is 0. The lowest BCUT2D eigenvalue weighted by Crippen LogP contribution is -2.41. The van der Waals surface area contributed by atoms with Gasteiger partial charge in [-0.05, 0) is 0 Å². The van der Waals surface area contributed by atoms with E-state index in [1.54, 1.807) is 0 Å². The molecule has 14 heavy (non-hydrogen) atoms. The molecule has 1 fully saturated rings. The summed E-state index contributed by atoms with van der Waals surface area (Å²) in [6.45, 7) is -0.187. The average Bonchev–Trinajstić information content (AvgIpc) is 2.49. The van der Waals surface area contributed by atoms with Gasteiger partial charge in [0.15, 0.2) is 0 Å². The molecular formula is C7H11N3O3S. The van der Waals surface area contributed by atoms with Gasteiger partial charge in [0.25, 0.3) is 0 Å². The number of hydrogen-bond donors (Lipinski definition) is 2. The molecule has 0 aromatic carbocycles. The first-order chi connectivity index (χ1) is 6.59. The Balaban J connectivity index is 2.26. The molecule has 0 radical (unpaired) electrons. The third-order valence-electron chi connectivity index (χ3n) is 1.62. The van der Waals surface area contributed by atoms with Crippen molar-refractivity contribution in [2.45, 2.75) is 0 Å². The average molecular weight is 217 g/mol. The Kier molecular flexibility index (Phi) is 3.75. The van der Waals surface area contributed by atoms with Gasteiger partial charge < -0.3 is 16.0 Å². The van der Waals surface area contributed by atoms with E-state index >= 15 is 0 Å². The minimum absolute atomic E-state index is 0.000880. The Morgan fingerprint density at radius 3 is 2.79 bits per heavy atom. The van der Waals surface area contributed by atoms with Gasteiger partial charge in [0, 0.05) is 0 Å². The zero-order valence-electron chi connectivity index (χ0n) is 7.49. The smallest absolute Gasteiger partial charge is 0.240 e. The summed E-state index contributed by atoms with van der Waals surface area (Å²) in [5.74, 6) is -0.0595. The zero-order valence-corrected chi connectivity index (χ0v) is 8.30. The van der Waals surface area contributed by atoms with Crippen LogP contribution >= 0.6 is 11.8 Å². The fraction of sp³-hybridized carbons (Fsp3) is 0.571. The first-order valence-corrected chi connectivity index (χ1v) is 5.15. The van der Waals surface area contributed by atoms with E-state index in [2.05, 4.69) is 5.32 Å². The van der Waals surface area contributed by atoms with Crippen LogP contribution in [-0.4, -0.2) is 47.3 Å². The van der Waals surface area contributed by atoms with Gasteiger partial charge in [-0.25, -0.2) is 0 Å². The molecule has 0 bridgehead atoms. The maximum absolute atomic E-state index is 11.1. The highest BCUT2D eigenvalue weighted by Crippen LogP contribution is 2.13. The van der Waals surface area contributed by atoms with E-state index in [4.69, 9.17) is 5.73 Å². The van der Waals surface area contributed by atoms with E-state index in [1.165, 1.54) is 16.7 Å². The Bertz CT molecular complexity index is 269. The lowest BCUT2D eigenvalue weighted by molar-refractivity contribution is -0.132. The highest BCUT2D eigenvalue weighted by atomic mass is 32.2. The molecule has 3 N–H and O–H groups in total.